The summed E-state index contributed by atoms with van der Waals surface area (Å²) in [6.07, 6.45) is 0. The Kier molecular flexibility index (Phi) is 5.53. The van der Waals surface area contributed by atoms with Crippen molar-refractivity contribution in [3.63, 3.8) is 0 Å². The van der Waals surface area contributed by atoms with Gasteiger partial charge in [-0.3, -0.25) is 4.79 Å². The first-order chi connectivity index (χ1) is 10.00. The zero-order chi connectivity index (χ0) is 15.3. The maximum atomic E-state index is 12.3. The molecule has 0 aliphatic carbocycles. The van der Waals surface area contributed by atoms with Crippen LogP contribution in [0.1, 0.15) is 20.8 Å². The Hall–Kier alpha value is -1.20. The van der Waals surface area contributed by atoms with Crippen molar-refractivity contribution in [3.8, 4) is 5.75 Å². The molecule has 0 radical (unpaired) electrons. The Labute approximate surface area is 130 Å². The lowest BCUT2D eigenvalue weighted by molar-refractivity contribution is -0.143. The normalized spacial score (nSPS) is 17.6. The second kappa shape index (κ2) is 7.18. The summed E-state index contributed by atoms with van der Waals surface area (Å²) in [5, 5.41) is 0. The van der Waals surface area contributed by atoms with E-state index in [4.69, 9.17) is 9.47 Å². The predicted molar refractivity (Wildman–Crippen MR) is 84.9 cm³/mol. The van der Waals surface area contributed by atoms with E-state index in [1.807, 2.05) is 49.9 Å². The lowest BCUT2D eigenvalue weighted by Crippen LogP contribution is -2.51. The molecule has 1 amide bonds. The van der Waals surface area contributed by atoms with Crippen molar-refractivity contribution in [2.75, 3.05) is 32.1 Å². The molecule has 0 spiro atoms. The highest BCUT2D eigenvalue weighted by molar-refractivity contribution is 8.00. The number of nitrogens with zero attached hydrogens (tertiary/aromatic N) is 1. The maximum absolute atomic E-state index is 12.3. The van der Waals surface area contributed by atoms with Crippen LogP contribution in [-0.4, -0.2) is 48.5 Å². The zero-order valence-corrected chi connectivity index (χ0v) is 13.7. The summed E-state index contributed by atoms with van der Waals surface area (Å²) in [6, 6.07) is 7.86. The second-order valence-corrected chi connectivity index (χ2v) is 6.67. The van der Waals surface area contributed by atoms with Crippen LogP contribution in [0.15, 0.2) is 29.2 Å². The molecule has 0 aromatic heterocycles. The molecule has 2 rings (SSSR count). The number of hydrogen-bond donors (Lipinski definition) is 0. The second-order valence-electron chi connectivity index (χ2n) is 5.62. The standard InChI is InChI=1S/C16H23NO3S/c1-4-19-13-5-7-14(8-6-13)21-11-15(18)17-9-10-20-16(2,3)12-17/h5-8H,4,9-12H2,1-3H3. The van der Waals surface area contributed by atoms with E-state index in [0.29, 0.717) is 32.1 Å². The lowest BCUT2D eigenvalue weighted by Gasteiger charge is -2.38. The molecule has 1 fully saturated rings. The molecular formula is C16H23NO3S. The molecule has 0 N–H and O–H groups in total. The van der Waals surface area contributed by atoms with Gasteiger partial charge < -0.3 is 14.4 Å². The van der Waals surface area contributed by atoms with Crippen molar-refractivity contribution in [3.05, 3.63) is 24.3 Å². The Bertz CT molecular complexity index is 473. The number of carbonyl (C=O) groups excluding carboxylic acids is 1. The van der Waals surface area contributed by atoms with Gasteiger partial charge in [-0.1, -0.05) is 0 Å². The number of ether oxygens (including phenoxy) is 2. The van der Waals surface area contributed by atoms with Crippen LogP contribution in [0.5, 0.6) is 5.75 Å². The lowest BCUT2D eigenvalue weighted by atomic mass is 10.1. The highest BCUT2D eigenvalue weighted by atomic mass is 32.2. The SMILES string of the molecule is CCOc1ccc(SCC(=O)N2CCOC(C)(C)C2)cc1. The Morgan fingerprint density at radius 1 is 1.38 bits per heavy atom. The van der Waals surface area contributed by atoms with E-state index < -0.39 is 0 Å². The quantitative estimate of drug-likeness (QED) is 0.784. The van der Waals surface area contributed by atoms with E-state index in [9.17, 15) is 4.79 Å². The monoisotopic (exact) mass is 309 g/mol. The van der Waals surface area contributed by atoms with Crippen LogP contribution in [0.4, 0.5) is 0 Å². The third-order valence-electron chi connectivity index (χ3n) is 3.28. The minimum Gasteiger partial charge on any atom is -0.494 e. The molecule has 4 nitrogen and oxygen atoms in total. The van der Waals surface area contributed by atoms with Crippen LogP contribution in [-0.2, 0) is 9.53 Å². The average molecular weight is 309 g/mol. The topological polar surface area (TPSA) is 38.8 Å². The number of hydrogen-bond acceptors (Lipinski definition) is 4. The van der Waals surface area contributed by atoms with Crippen LogP contribution >= 0.6 is 11.8 Å². The molecule has 0 bridgehead atoms. The molecule has 5 heteroatoms. The van der Waals surface area contributed by atoms with Gasteiger partial charge in [-0.05, 0) is 45.0 Å². The van der Waals surface area contributed by atoms with Gasteiger partial charge in [0.2, 0.25) is 5.91 Å². The van der Waals surface area contributed by atoms with Crippen LogP contribution in [0, 0.1) is 0 Å². The smallest absolute Gasteiger partial charge is 0.233 e. The first-order valence-electron chi connectivity index (χ1n) is 7.27. The molecule has 0 atom stereocenters. The molecular weight excluding hydrogens is 286 g/mol. The molecule has 1 aromatic rings. The molecule has 21 heavy (non-hydrogen) atoms. The van der Waals surface area contributed by atoms with E-state index in [0.717, 1.165) is 10.6 Å². The molecule has 1 heterocycles. The molecule has 1 aromatic carbocycles. The number of amides is 1. The largest absolute Gasteiger partial charge is 0.494 e. The van der Waals surface area contributed by atoms with Crippen LogP contribution in [0.3, 0.4) is 0 Å². The summed E-state index contributed by atoms with van der Waals surface area (Å²) in [5.41, 5.74) is -0.238. The number of morpholine rings is 1. The third-order valence-corrected chi connectivity index (χ3v) is 4.27. The van der Waals surface area contributed by atoms with Crippen molar-refractivity contribution >= 4 is 17.7 Å². The van der Waals surface area contributed by atoms with Crippen molar-refractivity contribution in [1.82, 2.24) is 4.90 Å². The van der Waals surface area contributed by atoms with E-state index in [-0.39, 0.29) is 11.5 Å². The predicted octanol–water partition coefficient (Wildman–Crippen LogP) is 2.81. The number of rotatable bonds is 5. The average Bonchev–Trinajstić information content (AvgIpc) is 2.45. The van der Waals surface area contributed by atoms with Gasteiger partial charge in [0.25, 0.3) is 0 Å². The van der Waals surface area contributed by atoms with Crippen LogP contribution < -0.4 is 4.74 Å². The zero-order valence-electron chi connectivity index (χ0n) is 12.9. The van der Waals surface area contributed by atoms with E-state index in [1.165, 1.54) is 0 Å². The number of carbonyl (C=O) groups is 1. The van der Waals surface area contributed by atoms with E-state index in [1.54, 1.807) is 11.8 Å². The first kappa shape index (κ1) is 16.2. The summed E-state index contributed by atoms with van der Waals surface area (Å²) in [6.45, 7) is 8.63. The highest BCUT2D eigenvalue weighted by Gasteiger charge is 2.29. The summed E-state index contributed by atoms with van der Waals surface area (Å²) in [5.74, 6) is 1.50. The highest BCUT2D eigenvalue weighted by Crippen LogP contribution is 2.23. The van der Waals surface area contributed by atoms with Crippen molar-refractivity contribution < 1.29 is 14.3 Å². The van der Waals surface area contributed by atoms with Crippen molar-refractivity contribution in [2.45, 2.75) is 31.3 Å². The van der Waals surface area contributed by atoms with Gasteiger partial charge in [0.1, 0.15) is 5.75 Å². The summed E-state index contributed by atoms with van der Waals surface area (Å²) in [7, 11) is 0. The van der Waals surface area contributed by atoms with Crippen LogP contribution in [0.2, 0.25) is 0 Å². The van der Waals surface area contributed by atoms with Crippen molar-refractivity contribution in [2.24, 2.45) is 0 Å². The molecule has 0 unspecified atom stereocenters. The Morgan fingerprint density at radius 2 is 2.10 bits per heavy atom. The van der Waals surface area contributed by atoms with Gasteiger partial charge in [-0.2, -0.15) is 0 Å². The summed E-state index contributed by atoms with van der Waals surface area (Å²) < 4.78 is 11.0. The molecule has 116 valence electrons. The van der Waals surface area contributed by atoms with E-state index in [2.05, 4.69) is 0 Å². The van der Waals surface area contributed by atoms with Gasteiger partial charge in [-0.25, -0.2) is 0 Å². The van der Waals surface area contributed by atoms with Gasteiger partial charge in [-0.15, -0.1) is 11.8 Å². The van der Waals surface area contributed by atoms with Gasteiger partial charge in [0, 0.05) is 18.0 Å². The molecule has 1 aliphatic rings. The fourth-order valence-electron chi connectivity index (χ4n) is 2.26. The summed E-state index contributed by atoms with van der Waals surface area (Å²) in [4.78, 5) is 15.2. The fourth-order valence-corrected chi connectivity index (χ4v) is 3.07. The number of thioether (sulfide) groups is 1. The third kappa shape index (κ3) is 4.93. The molecule has 1 aliphatic heterocycles. The molecule has 0 saturated carbocycles. The van der Waals surface area contributed by atoms with Crippen LogP contribution in [0.25, 0.3) is 0 Å². The fraction of sp³-hybridized carbons (Fsp3) is 0.562. The Balaban J connectivity index is 1.83. The first-order valence-corrected chi connectivity index (χ1v) is 8.26. The maximum Gasteiger partial charge on any atom is 0.233 e. The van der Waals surface area contributed by atoms with Gasteiger partial charge in [0.05, 0.1) is 24.6 Å². The number of benzene rings is 1. The minimum absolute atomic E-state index is 0.172. The van der Waals surface area contributed by atoms with Gasteiger partial charge >= 0.3 is 0 Å². The summed E-state index contributed by atoms with van der Waals surface area (Å²) >= 11 is 1.56. The van der Waals surface area contributed by atoms with E-state index >= 15 is 0 Å². The van der Waals surface area contributed by atoms with Gasteiger partial charge in [0.15, 0.2) is 0 Å². The van der Waals surface area contributed by atoms with Crippen molar-refractivity contribution in [1.29, 1.82) is 0 Å². The minimum atomic E-state index is -0.238. The Morgan fingerprint density at radius 3 is 2.71 bits per heavy atom. The molecule has 1 saturated heterocycles.